The molecule has 0 spiro atoms. The lowest BCUT2D eigenvalue weighted by atomic mass is 10.1. The fourth-order valence-electron chi connectivity index (χ4n) is 2.51. The molecule has 3 rings (SSSR count). The van der Waals surface area contributed by atoms with E-state index in [0.29, 0.717) is 22.8 Å². The number of barbiturate groups is 1. The third-order valence-electron chi connectivity index (χ3n) is 3.80. The number of amides is 4. The number of carbonyl (C=O) groups excluding carboxylic acids is 3. The molecule has 1 saturated heterocycles. The summed E-state index contributed by atoms with van der Waals surface area (Å²) >= 11 is 0. The molecule has 8 nitrogen and oxygen atoms in total. The second-order valence-electron chi connectivity index (χ2n) is 5.40. The molecule has 1 aliphatic rings. The van der Waals surface area contributed by atoms with E-state index < -0.39 is 17.8 Å². The average molecular weight is 356 g/mol. The van der Waals surface area contributed by atoms with Crippen LogP contribution >= 0.6 is 0 Å². The van der Waals surface area contributed by atoms with E-state index >= 15 is 0 Å². The number of ether oxygens (including phenoxy) is 2. The molecule has 0 atom stereocenters. The van der Waals surface area contributed by atoms with Gasteiger partial charge in [-0.3, -0.25) is 19.8 Å². The summed E-state index contributed by atoms with van der Waals surface area (Å²) in [4.78, 5) is 37.7. The number of imide groups is 2. The van der Waals surface area contributed by atoms with Gasteiger partial charge in [-0.2, -0.15) is 0 Å². The van der Waals surface area contributed by atoms with Gasteiger partial charge in [0.2, 0.25) is 0 Å². The zero-order chi connectivity index (χ0) is 18.7. The first-order valence-electron chi connectivity index (χ1n) is 7.66. The average Bonchev–Trinajstić information content (AvgIpc) is 3.15. The van der Waals surface area contributed by atoms with Gasteiger partial charge < -0.3 is 13.9 Å². The molecule has 2 aromatic rings. The molecule has 0 bridgehead atoms. The first-order chi connectivity index (χ1) is 12.5. The van der Waals surface area contributed by atoms with Crippen molar-refractivity contribution < 1.29 is 28.3 Å². The number of methoxy groups -OCH3 is 2. The van der Waals surface area contributed by atoms with Crippen molar-refractivity contribution in [2.45, 2.75) is 6.54 Å². The Morgan fingerprint density at radius 2 is 1.88 bits per heavy atom. The molecule has 8 heteroatoms. The standard InChI is InChI=1S/C18H16N2O6/c1-24-14-6-5-11(9-15(14)25-2)8-13-16(21)19-18(23)20(17(13)22)10-12-4-3-7-26-12/h3-9H,10H2,1-2H3,(H,19,21,23)/b13-8-. The lowest BCUT2D eigenvalue weighted by Gasteiger charge is -2.25. The number of benzene rings is 1. The van der Waals surface area contributed by atoms with E-state index in [0.717, 1.165) is 4.90 Å². The molecule has 1 aromatic carbocycles. The summed E-state index contributed by atoms with van der Waals surface area (Å²) in [6.45, 7) is -0.0752. The number of nitrogens with zero attached hydrogens (tertiary/aromatic N) is 1. The molecular formula is C18H16N2O6. The smallest absolute Gasteiger partial charge is 0.331 e. The van der Waals surface area contributed by atoms with Crippen LogP contribution in [0, 0.1) is 0 Å². The predicted octanol–water partition coefficient (Wildman–Crippen LogP) is 1.96. The van der Waals surface area contributed by atoms with Crippen molar-refractivity contribution in [2.24, 2.45) is 0 Å². The van der Waals surface area contributed by atoms with E-state index in [4.69, 9.17) is 13.9 Å². The monoisotopic (exact) mass is 356 g/mol. The molecule has 1 N–H and O–H groups in total. The highest BCUT2D eigenvalue weighted by Crippen LogP contribution is 2.29. The number of hydrogen-bond acceptors (Lipinski definition) is 6. The molecule has 0 radical (unpaired) electrons. The molecule has 134 valence electrons. The summed E-state index contributed by atoms with van der Waals surface area (Å²) in [5, 5.41) is 2.16. The highest BCUT2D eigenvalue weighted by Gasteiger charge is 2.36. The third kappa shape index (κ3) is 3.30. The Hall–Kier alpha value is -3.55. The Kier molecular flexibility index (Phi) is 4.74. The Labute approximate surface area is 149 Å². The van der Waals surface area contributed by atoms with Crippen LogP contribution in [0.2, 0.25) is 0 Å². The second kappa shape index (κ2) is 7.14. The van der Waals surface area contributed by atoms with Crippen molar-refractivity contribution in [3.8, 4) is 11.5 Å². The van der Waals surface area contributed by atoms with Gasteiger partial charge in [-0.05, 0) is 35.9 Å². The maximum absolute atomic E-state index is 12.6. The molecular weight excluding hydrogens is 340 g/mol. The van der Waals surface area contributed by atoms with Gasteiger partial charge in [0.25, 0.3) is 11.8 Å². The molecule has 0 saturated carbocycles. The molecule has 2 heterocycles. The summed E-state index contributed by atoms with van der Waals surface area (Å²) in [6, 6.07) is 7.44. The fraction of sp³-hybridized carbons (Fsp3) is 0.167. The Bertz CT molecular complexity index is 885. The van der Waals surface area contributed by atoms with Crippen molar-refractivity contribution in [3.05, 3.63) is 53.5 Å². The van der Waals surface area contributed by atoms with Crippen LogP contribution in [-0.2, 0) is 16.1 Å². The van der Waals surface area contributed by atoms with Gasteiger partial charge in [0.05, 0.1) is 27.0 Å². The van der Waals surface area contributed by atoms with Crippen LogP contribution in [0.25, 0.3) is 6.08 Å². The van der Waals surface area contributed by atoms with Crippen LogP contribution < -0.4 is 14.8 Å². The zero-order valence-corrected chi connectivity index (χ0v) is 14.1. The molecule has 0 unspecified atom stereocenters. The van der Waals surface area contributed by atoms with Crippen molar-refractivity contribution in [3.63, 3.8) is 0 Å². The fourth-order valence-corrected chi connectivity index (χ4v) is 2.51. The van der Waals surface area contributed by atoms with Gasteiger partial charge in [-0.15, -0.1) is 0 Å². The lowest BCUT2D eigenvalue weighted by molar-refractivity contribution is -0.130. The Morgan fingerprint density at radius 3 is 2.54 bits per heavy atom. The summed E-state index contributed by atoms with van der Waals surface area (Å²) in [5.41, 5.74) is 0.386. The minimum atomic E-state index is -0.791. The van der Waals surface area contributed by atoms with Gasteiger partial charge in [-0.1, -0.05) is 6.07 Å². The highest BCUT2D eigenvalue weighted by molar-refractivity contribution is 6.30. The van der Waals surface area contributed by atoms with E-state index in [1.807, 2.05) is 0 Å². The summed E-state index contributed by atoms with van der Waals surface area (Å²) in [5.74, 6) is -0.0681. The topological polar surface area (TPSA) is 98.1 Å². The van der Waals surface area contributed by atoms with E-state index in [1.54, 1.807) is 30.3 Å². The third-order valence-corrected chi connectivity index (χ3v) is 3.80. The maximum atomic E-state index is 12.6. The number of urea groups is 1. The minimum Gasteiger partial charge on any atom is -0.493 e. The molecule has 4 amide bonds. The second-order valence-corrected chi connectivity index (χ2v) is 5.40. The number of hydrogen-bond donors (Lipinski definition) is 1. The van der Waals surface area contributed by atoms with Crippen LogP contribution in [-0.4, -0.2) is 37.0 Å². The molecule has 26 heavy (non-hydrogen) atoms. The largest absolute Gasteiger partial charge is 0.493 e. The maximum Gasteiger partial charge on any atom is 0.331 e. The van der Waals surface area contributed by atoms with E-state index in [-0.39, 0.29) is 12.1 Å². The van der Waals surface area contributed by atoms with Gasteiger partial charge in [0.1, 0.15) is 11.3 Å². The highest BCUT2D eigenvalue weighted by atomic mass is 16.5. The molecule has 1 aromatic heterocycles. The van der Waals surface area contributed by atoms with Gasteiger partial charge in [-0.25, -0.2) is 4.79 Å². The summed E-state index contributed by atoms with van der Waals surface area (Å²) < 4.78 is 15.5. The van der Waals surface area contributed by atoms with Crippen LogP contribution in [0.4, 0.5) is 4.79 Å². The summed E-state index contributed by atoms with van der Waals surface area (Å²) in [6.07, 6.45) is 2.83. The van der Waals surface area contributed by atoms with Crippen LogP contribution in [0.1, 0.15) is 11.3 Å². The lowest BCUT2D eigenvalue weighted by Crippen LogP contribution is -2.53. The Balaban J connectivity index is 1.92. The number of furan rings is 1. The SMILES string of the molecule is COc1ccc(/C=C2/C(=O)NC(=O)N(Cc3ccco3)C2=O)cc1OC. The quantitative estimate of drug-likeness (QED) is 0.650. The van der Waals surface area contributed by atoms with Crippen LogP contribution in [0.5, 0.6) is 11.5 Å². The number of carbonyl (C=O) groups is 3. The van der Waals surface area contributed by atoms with E-state index in [2.05, 4.69) is 5.32 Å². The van der Waals surface area contributed by atoms with Crippen molar-refractivity contribution in [1.29, 1.82) is 0 Å². The number of nitrogens with one attached hydrogen (secondary N) is 1. The van der Waals surface area contributed by atoms with E-state index in [1.165, 1.54) is 26.6 Å². The molecule has 1 fully saturated rings. The van der Waals surface area contributed by atoms with E-state index in [9.17, 15) is 14.4 Å². The van der Waals surface area contributed by atoms with Crippen molar-refractivity contribution in [2.75, 3.05) is 14.2 Å². The summed E-state index contributed by atoms with van der Waals surface area (Å²) in [7, 11) is 2.99. The predicted molar refractivity (Wildman–Crippen MR) is 90.3 cm³/mol. The first-order valence-corrected chi connectivity index (χ1v) is 7.66. The molecule has 1 aliphatic heterocycles. The van der Waals surface area contributed by atoms with Gasteiger partial charge >= 0.3 is 6.03 Å². The first kappa shape index (κ1) is 17.3. The van der Waals surface area contributed by atoms with Gasteiger partial charge in [0.15, 0.2) is 11.5 Å². The minimum absolute atomic E-state index is 0.0752. The molecule has 0 aliphatic carbocycles. The van der Waals surface area contributed by atoms with Crippen molar-refractivity contribution in [1.82, 2.24) is 10.2 Å². The van der Waals surface area contributed by atoms with Gasteiger partial charge in [0, 0.05) is 0 Å². The van der Waals surface area contributed by atoms with Crippen LogP contribution in [0.3, 0.4) is 0 Å². The Morgan fingerprint density at radius 1 is 1.12 bits per heavy atom. The zero-order valence-electron chi connectivity index (χ0n) is 14.1. The van der Waals surface area contributed by atoms with Crippen LogP contribution in [0.15, 0.2) is 46.6 Å². The number of rotatable bonds is 5. The normalized spacial score (nSPS) is 16.0. The van der Waals surface area contributed by atoms with Crippen molar-refractivity contribution >= 4 is 23.9 Å².